The number of piperidine rings is 1. The normalized spacial score (nSPS) is 20.4. The molecule has 1 amide bonds. The first-order chi connectivity index (χ1) is 15.2. The molecule has 1 aromatic carbocycles. The van der Waals surface area contributed by atoms with Crippen molar-refractivity contribution in [1.82, 2.24) is 24.8 Å². The number of hydrogen-bond acceptors (Lipinski definition) is 6. The highest BCUT2D eigenvalue weighted by Gasteiger charge is 2.47. The summed E-state index contributed by atoms with van der Waals surface area (Å²) in [4.78, 5) is 24.2. The number of nitrogens with one attached hydrogen (secondary N) is 1. The van der Waals surface area contributed by atoms with E-state index < -0.39 is 0 Å². The topological polar surface area (TPSA) is 72.3 Å². The first kappa shape index (κ1) is 20.2. The van der Waals surface area contributed by atoms with Gasteiger partial charge in [-0.25, -0.2) is 9.97 Å². The van der Waals surface area contributed by atoms with Gasteiger partial charge in [-0.05, 0) is 50.0 Å². The molecule has 3 aromatic rings. The number of benzene rings is 1. The molecule has 0 aliphatic carbocycles. The number of hydrogen-bond donors (Lipinski definition) is 1. The molecule has 1 atom stereocenters. The van der Waals surface area contributed by atoms with E-state index in [4.69, 9.17) is 4.74 Å². The Kier molecular flexibility index (Phi) is 5.50. The van der Waals surface area contributed by atoms with Crippen molar-refractivity contribution in [3.8, 4) is 5.75 Å². The Morgan fingerprint density at radius 1 is 1.19 bits per heavy atom. The summed E-state index contributed by atoms with van der Waals surface area (Å²) in [6, 6.07) is 8.22. The summed E-state index contributed by atoms with van der Waals surface area (Å²) in [5.74, 6) is 1.75. The van der Waals surface area contributed by atoms with E-state index in [2.05, 4.69) is 36.9 Å². The number of carbonyl (C=O) groups excluding carboxylic acids is 1. The fraction of sp³-hybridized carbons (Fsp3) is 0.435. The number of aromatic nitrogens is 3. The average Bonchev–Trinajstić information content (AvgIpc) is 3.50. The second kappa shape index (κ2) is 8.43. The number of imidazole rings is 1. The third kappa shape index (κ3) is 3.97. The molecule has 162 valence electrons. The Morgan fingerprint density at radius 3 is 2.68 bits per heavy atom. The Morgan fingerprint density at radius 2 is 1.97 bits per heavy atom. The molecule has 4 heterocycles. The minimum atomic E-state index is -0.109. The van der Waals surface area contributed by atoms with Crippen molar-refractivity contribution < 1.29 is 9.53 Å². The van der Waals surface area contributed by atoms with E-state index in [9.17, 15) is 4.79 Å². The molecule has 1 unspecified atom stereocenters. The first-order valence-electron chi connectivity index (χ1n) is 10.7. The lowest BCUT2D eigenvalue weighted by atomic mass is 9.68. The number of ether oxygens (including phenoxy) is 1. The minimum absolute atomic E-state index is 0.0312. The number of aryl methyl sites for hydroxylation is 1. The predicted molar refractivity (Wildman–Crippen MR) is 119 cm³/mol. The molecule has 2 aliphatic heterocycles. The van der Waals surface area contributed by atoms with Crippen molar-refractivity contribution in [2.75, 3.05) is 20.2 Å². The van der Waals surface area contributed by atoms with E-state index in [1.54, 1.807) is 18.0 Å². The fourth-order valence-electron chi connectivity index (χ4n) is 4.96. The Labute approximate surface area is 186 Å². The van der Waals surface area contributed by atoms with Gasteiger partial charge >= 0.3 is 0 Å². The predicted octanol–water partition coefficient (Wildman–Crippen LogP) is 3.51. The minimum Gasteiger partial charge on any atom is -0.497 e. The van der Waals surface area contributed by atoms with Crippen LogP contribution < -0.4 is 10.1 Å². The van der Waals surface area contributed by atoms with Crippen LogP contribution in [0.15, 0.2) is 47.5 Å². The molecular formula is C23H27N5O2S. The summed E-state index contributed by atoms with van der Waals surface area (Å²) in [6.45, 7) is 3.91. The van der Waals surface area contributed by atoms with Crippen molar-refractivity contribution >= 4 is 17.2 Å². The summed E-state index contributed by atoms with van der Waals surface area (Å²) in [7, 11) is 1.69. The zero-order chi connectivity index (χ0) is 21.3. The van der Waals surface area contributed by atoms with Gasteiger partial charge in [0.25, 0.3) is 5.91 Å². The highest BCUT2D eigenvalue weighted by atomic mass is 32.1. The zero-order valence-corrected chi connectivity index (χ0v) is 18.5. The molecule has 2 aromatic heterocycles. The quantitative estimate of drug-likeness (QED) is 0.661. The maximum atomic E-state index is 12.9. The number of amides is 1. The summed E-state index contributed by atoms with van der Waals surface area (Å²) >= 11 is 1.44. The molecule has 1 spiro atoms. The van der Waals surface area contributed by atoms with Crippen molar-refractivity contribution in [2.45, 2.75) is 38.4 Å². The summed E-state index contributed by atoms with van der Waals surface area (Å²) in [5.41, 5.74) is 3.51. The molecule has 1 N–H and O–H groups in total. The highest BCUT2D eigenvalue weighted by Crippen LogP contribution is 2.48. The molecule has 0 saturated carbocycles. The van der Waals surface area contributed by atoms with Gasteiger partial charge < -0.3 is 14.6 Å². The molecule has 1 fully saturated rings. The van der Waals surface area contributed by atoms with Crippen molar-refractivity contribution in [3.05, 3.63) is 64.6 Å². The molecule has 1 saturated heterocycles. The summed E-state index contributed by atoms with van der Waals surface area (Å²) in [5, 5.41) is 5.09. The van der Waals surface area contributed by atoms with Crippen LogP contribution in [0, 0.1) is 5.41 Å². The second-order valence-electron chi connectivity index (χ2n) is 8.50. The number of thiazole rings is 1. The lowest BCUT2D eigenvalue weighted by Gasteiger charge is -2.49. The van der Waals surface area contributed by atoms with Gasteiger partial charge in [-0.2, -0.15) is 0 Å². The van der Waals surface area contributed by atoms with Gasteiger partial charge in [-0.1, -0.05) is 12.1 Å². The molecular weight excluding hydrogens is 410 g/mol. The summed E-state index contributed by atoms with van der Waals surface area (Å²) < 4.78 is 7.45. The number of fused-ring (bicyclic) bond motifs is 1. The summed E-state index contributed by atoms with van der Waals surface area (Å²) in [6.07, 6.45) is 6.99. The van der Waals surface area contributed by atoms with Gasteiger partial charge in [-0.3, -0.25) is 9.69 Å². The van der Waals surface area contributed by atoms with Crippen LogP contribution in [0.5, 0.6) is 5.75 Å². The smallest absolute Gasteiger partial charge is 0.271 e. The molecule has 2 aliphatic rings. The number of nitrogens with zero attached hydrogens (tertiary/aromatic N) is 4. The Bertz CT molecular complexity index is 1020. The molecule has 31 heavy (non-hydrogen) atoms. The van der Waals surface area contributed by atoms with Crippen LogP contribution in [0.3, 0.4) is 0 Å². The second-order valence-corrected chi connectivity index (χ2v) is 9.21. The van der Waals surface area contributed by atoms with Crippen LogP contribution in [-0.4, -0.2) is 45.5 Å². The molecule has 7 nitrogen and oxygen atoms in total. The van der Waals surface area contributed by atoms with Crippen molar-refractivity contribution in [2.24, 2.45) is 5.41 Å². The van der Waals surface area contributed by atoms with E-state index in [0.717, 1.165) is 57.0 Å². The van der Waals surface area contributed by atoms with E-state index in [1.807, 2.05) is 24.5 Å². The Balaban J connectivity index is 1.31. The van der Waals surface area contributed by atoms with E-state index in [-0.39, 0.29) is 17.4 Å². The van der Waals surface area contributed by atoms with Gasteiger partial charge in [0.15, 0.2) is 0 Å². The van der Waals surface area contributed by atoms with Crippen LogP contribution in [0.4, 0.5) is 0 Å². The van der Waals surface area contributed by atoms with Crippen molar-refractivity contribution in [3.63, 3.8) is 0 Å². The lowest BCUT2D eigenvalue weighted by Crippen LogP contribution is -2.51. The van der Waals surface area contributed by atoms with Gasteiger partial charge in [0.1, 0.15) is 17.3 Å². The maximum absolute atomic E-state index is 12.9. The third-order valence-corrected chi connectivity index (χ3v) is 7.41. The van der Waals surface area contributed by atoms with Crippen LogP contribution in [0.1, 0.15) is 47.2 Å². The van der Waals surface area contributed by atoms with E-state index >= 15 is 0 Å². The van der Waals surface area contributed by atoms with Gasteiger partial charge in [0.05, 0.1) is 18.7 Å². The Hall–Kier alpha value is -2.71. The van der Waals surface area contributed by atoms with Gasteiger partial charge in [0.2, 0.25) is 0 Å². The van der Waals surface area contributed by atoms with Gasteiger partial charge in [-0.15, -0.1) is 11.3 Å². The molecule has 0 bridgehead atoms. The van der Waals surface area contributed by atoms with Crippen LogP contribution >= 0.6 is 11.3 Å². The van der Waals surface area contributed by atoms with E-state index in [1.165, 1.54) is 16.9 Å². The molecule has 0 radical (unpaired) electrons. The SMILES string of the molecule is COc1ccc(CN2CCC3(CC2)CCn2ccnc2C3NC(=O)c2cscn2)cc1. The number of rotatable bonds is 5. The molecule has 5 rings (SSSR count). The highest BCUT2D eigenvalue weighted by molar-refractivity contribution is 7.07. The van der Waals surface area contributed by atoms with Crippen molar-refractivity contribution in [1.29, 1.82) is 0 Å². The zero-order valence-electron chi connectivity index (χ0n) is 17.7. The van der Waals surface area contributed by atoms with Gasteiger partial charge in [0, 0.05) is 36.3 Å². The number of methoxy groups -OCH3 is 1. The van der Waals surface area contributed by atoms with Crippen LogP contribution in [0.25, 0.3) is 0 Å². The fourth-order valence-corrected chi connectivity index (χ4v) is 5.50. The van der Waals surface area contributed by atoms with E-state index in [0.29, 0.717) is 5.69 Å². The first-order valence-corrected chi connectivity index (χ1v) is 11.7. The number of likely N-dealkylation sites (tertiary alicyclic amines) is 1. The average molecular weight is 438 g/mol. The lowest BCUT2D eigenvalue weighted by molar-refractivity contribution is 0.0309. The standard InChI is InChI=1S/C23H27N5O2S/c1-30-18-4-2-17(3-5-18)14-27-10-6-23(7-11-27)8-12-28-13-9-24-21(28)20(23)26-22(29)19-15-31-16-25-19/h2-5,9,13,15-16,20H,6-8,10-12,14H2,1H3,(H,26,29). The number of carbonyl (C=O) groups is 1. The monoisotopic (exact) mass is 437 g/mol. The largest absolute Gasteiger partial charge is 0.497 e. The maximum Gasteiger partial charge on any atom is 0.271 e. The molecule has 8 heteroatoms. The van der Waals surface area contributed by atoms with Crippen LogP contribution in [0.2, 0.25) is 0 Å². The van der Waals surface area contributed by atoms with Crippen LogP contribution in [-0.2, 0) is 13.1 Å². The third-order valence-electron chi connectivity index (χ3n) is 6.83.